The number of nitrogens with one attached hydrogen (secondary N) is 1. The minimum absolute atomic E-state index is 0.0773. The molecule has 1 unspecified atom stereocenters. The summed E-state index contributed by atoms with van der Waals surface area (Å²) in [5, 5.41) is 3.16. The van der Waals surface area contributed by atoms with E-state index in [0.717, 1.165) is 46.0 Å². The van der Waals surface area contributed by atoms with Gasteiger partial charge in [0.25, 0.3) is 10.0 Å². The number of anilines is 1. The molecule has 0 spiro atoms. The zero-order valence-electron chi connectivity index (χ0n) is 26.0. The first kappa shape index (κ1) is 33.4. The van der Waals surface area contributed by atoms with E-state index in [1.165, 1.54) is 11.8 Å². The molecular weight excluding hydrogens is 595 g/mol. The molecular formula is C34H43N3O5S2. The third-order valence-corrected chi connectivity index (χ3v) is 10.6. The van der Waals surface area contributed by atoms with E-state index in [9.17, 15) is 18.0 Å². The lowest BCUT2D eigenvalue weighted by Crippen LogP contribution is -2.53. The molecule has 0 aromatic heterocycles. The van der Waals surface area contributed by atoms with Crippen LogP contribution in [0.5, 0.6) is 5.75 Å². The summed E-state index contributed by atoms with van der Waals surface area (Å²) in [5.41, 5.74) is 2.22. The number of carbonyl (C=O) groups is 2. The summed E-state index contributed by atoms with van der Waals surface area (Å²) in [5.74, 6) is -0.0654. The second kappa shape index (κ2) is 15.5. The molecule has 0 radical (unpaired) electrons. The Hall–Kier alpha value is -3.50. The lowest BCUT2D eigenvalue weighted by molar-refractivity contribution is -0.140. The summed E-state index contributed by atoms with van der Waals surface area (Å²) in [6.45, 7) is 5.90. The van der Waals surface area contributed by atoms with Gasteiger partial charge in [-0.1, -0.05) is 44.0 Å². The predicted molar refractivity (Wildman–Crippen MR) is 177 cm³/mol. The van der Waals surface area contributed by atoms with Crippen LogP contribution in [-0.2, 0) is 26.2 Å². The standard InChI is InChI=1S/C34H43N3O5S2/c1-5-32(34(39)35-27-13-9-10-14-27)36(23-26-12-8-7-11-25(26)3)33(38)24-37(28-15-17-29(18-16-28)42-6-2)44(40,41)31-21-19-30(43-4)20-22-31/h7-8,11-12,15-22,27,32H,5-6,9-10,13-14,23-24H2,1-4H3,(H,35,39). The fourth-order valence-electron chi connectivity index (χ4n) is 5.54. The molecule has 1 aliphatic carbocycles. The van der Waals surface area contributed by atoms with Crippen LogP contribution in [0, 0.1) is 6.92 Å². The molecule has 8 nitrogen and oxygen atoms in total. The Morgan fingerprint density at radius 1 is 0.977 bits per heavy atom. The fraction of sp³-hybridized carbons (Fsp3) is 0.412. The highest BCUT2D eigenvalue weighted by molar-refractivity contribution is 7.98. The van der Waals surface area contributed by atoms with Crippen LogP contribution in [0.15, 0.2) is 82.6 Å². The van der Waals surface area contributed by atoms with Crippen LogP contribution in [0.25, 0.3) is 0 Å². The van der Waals surface area contributed by atoms with Gasteiger partial charge < -0.3 is 15.0 Å². The number of hydrogen-bond acceptors (Lipinski definition) is 6. The normalized spacial score (nSPS) is 14.2. The van der Waals surface area contributed by atoms with Crippen LogP contribution >= 0.6 is 11.8 Å². The van der Waals surface area contributed by atoms with Crippen molar-refractivity contribution in [1.29, 1.82) is 0 Å². The van der Waals surface area contributed by atoms with Crippen molar-refractivity contribution in [3.05, 3.63) is 83.9 Å². The van der Waals surface area contributed by atoms with Crippen LogP contribution in [0.4, 0.5) is 5.69 Å². The maximum Gasteiger partial charge on any atom is 0.264 e. The van der Waals surface area contributed by atoms with Crippen molar-refractivity contribution < 1.29 is 22.7 Å². The summed E-state index contributed by atoms with van der Waals surface area (Å²) in [7, 11) is -4.15. The molecule has 1 N–H and O–H groups in total. The second-order valence-corrected chi connectivity index (χ2v) is 13.7. The van der Waals surface area contributed by atoms with Gasteiger partial charge in [-0.3, -0.25) is 13.9 Å². The number of sulfonamides is 1. The van der Waals surface area contributed by atoms with Crippen LogP contribution in [0.2, 0.25) is 0 Å². The topological polar surface area (TPSA) is 96.0 Å². The van der Waals surface area contributed by atoms with Gasteiger partial charge in [0, 0.05) is 17.5 Å². The minimum atomic E-state index is -4.15. The van der Waals surface area contributed by atoms with E-state index >= 15 is 0 Å². The molecule has 3 aromatic rings. The van der Waals surface area contributed by atoms with Crippen molar-refractivity contribution in [3.63, 3.8) is 0 Å². The van der Waals surface area contributed by atoms with Crippen LogP contribution in [0.3, 0.4) is 0 Å². The van der Waals surface area contributed by atoms with E-state index in [0.29, 0.717) is 24.5 Å². The van der Waals surface area contributed by atoms with E-state index in [2.05, 4.69) is 5.32 Å². The maximum atomic E-state index is 14.3. The Kier molecular flexibility index (Phi) is 11.7. The number of benzene rings is 3. The van der Waals surface area contributed by atoms with Gasteiger partial charge in [0.1, 0.15) is 18.3 Å². The molecule has 1 atom stereocenters. The SMILES string of the molecule is CCOc1ccc(N(CC(=O)N(Cc2ccccc2C)C(CC)C(=O)NC2CCCC2)S(=O)(=O)c2ccc(SC)cc2)cc1. The highest BCUT2D eigenvalue weighted by Crippen LogP contribution is 2.28. The highest BCUT2D eigenvalue weighted by Gasteiger charge is 2.34. The first-order chi connectivity index (χ1) is 21.2. The Labute approximate surface area is 266 Å². The molecule has 0 bridgehead atoms. The van der Waals surface area contributed by atoms with Crippen molar-refractivity contribution in [1.82, 2.24) is 10.2 Å². The average molecular weight is 638 g/mol. The number of nitrogens with zero attached hydrogens (tertiary/aromatic N) is 2. The van der Waals surface area contributed by atoms with Gasteiger partial charge >= 0.3 is 0 Å². The number of ether oxygens (including phenoxy) is 1. The number of aryl methyl sites for hydroxylation is 1. The van der Waals surface area contributed by atoms with E-state index < -0.39 is 28.5 Å². The van der Waals surface area contributed by atoms with E-state index in [4.69, 9.17) is 4.74 Å². The van der Waals surface area contributed by atoms with Crippen LogP contribution in [0.1, 0.15) is 57.1 Å². The van der Waals surface area contributed by atoms with Crippen molar-refractivity contribution in [2.75, 3.05) is 23.7 Å². The van der Waals surface area contributed by atoms with Gasteiger partial charge in [0.15, 0.2) is 0 Å². The minimum Gasteiger partial charge on any atom is -0.494 e. The van der Waals surface area contributed by atoms with E-state index in [1.807, 2.05) is 51.3 Å². The molecule has 0 aliphatic heterocycles. The van der Waals surface area contributed by atoms with Crippen molar-refractivity contribution >= 4 is 39.3 Å². The molecule has 1 aliphatic rings. The summed E-state index contributed by atoms with van der Waals surface area (Å²) in [4.78, 5) is 30.5. The van der Waals surface area contributed by atoms with Gasteiger partial charge in [-0.05, 0) is 99.0 Å². The van der Waals surface area contributed by atoms with Crippen molar-refractivity contribution in [2.24, 2.45) is 0 Å². The Bertz CT molecular complexity index is 1500. The summed E-state index contributed by atoms with van der Waals surface area (Å²) < 4.78 is 35.0. The van der Waals surface area contributed by atoms with Gasteiger partial charge in [-0.2, -0.15) is 0 Å². The number of hydrogen-bond donors (Lipinski definition) is 1. The molecule has 1 saturated carbocycles. The largest absolute Gasteiger partial charge is 0.494 e. The van der Waals surface area contributed by atoms with Crippen molar-refractivity contribution in [2.45, 2.75) is 81.3 Å². The smallest absolute Gasteiger partial charge is 0.264 e. The monoisotopic (exact) mass is 637 g/mol. The lowest BCUT2D eigenvalue weighted by Gasteiger charge is -2.34. The summed E-state index contributed by atoms with van der Waals surface area (Å²) >= 11 is 1.51. The molecule has 0 saturated heterocycles. The highest BCUT2D eigenvalue weighted by atomic mass is 32.2. The third kappa shape index (κ3) is 8.15. The average Bonchev–Trinajstić information content (AvgIpc) is 3.54. The molecule has 236 valence electrons. The fourth-order valence-corrected chi connectivity index (χ4v) is 7.36. The first-order valence-electron chi connectivity index (χ1n) is 15.2. The molecule has 44 heavy (non-hydrogen) atoms. The van der Waals surface area contributed by atoms with Crippen molar-refractivity contribution in [3.8, 4) is 5.75 Å². The summed E-state index contributed by atoms with van der Waals surface area (Å²) in [6, 6.07) is 20.4. The third-order valence-electron chi connectivity index (χ3n) is 8.05. The summed E-state index contributed by atoms with van der Waals surface area (Å²) in [6.07, 6.45) is 6.30. The van der Waals surface area contributed by atoms with Gasteiger partial charge in [0.2, 0.25) is 11.8 Å². The first-order valence-corrected chi connectivity index (χ1v) is 17.9. The maximum absolute atomic E-state index is 14.3. The molecule has 3 aromatic carbocycles. The van der Waals surface area contributed by atoms with Crippen LogP contribution < -0.4 is 14.4 Å². The Balaban J connectivity index is 1.72. The van der Waals surface area contributed by atoms with E-state index in [1.54, 1.807) is 53.4 Å². The van der Waals surface area contributed by atoms with E-state index in [-0.39, 0.29) is 23.4 Å². The Morgan fingerprint density at radius 2 is 1.64 bits per heavy atom. The number of rotatable bonds is 14. The molecule has 1 fully saturated rings. The zero-order valence-corrected chi connectivity index (χ0v) is 27.6. The van der Waals surface area contributed by atoms with Gasteiger partial charge in [-0.25, -0.2) is 8.42 Å². The van der Waals surface area contributed by atoms with Crippen LogP contribution in [-0.4, -0.2) is 56.6 Å². The number of thioether (sulfide) groups is 1. The molecule has 0 heterocycles. The number of amides is 2. The number of carbonyl (C=O) groups excluding carboxylic acids is 2. The lowest BCUT2D eigenvalue weighted by atomic mass is 10.1. The van der Waals surface area contributed by atoms with Gasteiger partial charge in [-0.15, -0.1) is 11.8 Å². The molecule has 10 heteroatoms. The van der Waals surface area contributed by atoms with Gasteiger partial charge in [0.05, 0.1) is 17.2 Å². The Morgan fingerprint density at radius 3 is 2.23 bits per heavy atom. The quantitative estimate of drug-likeness (QED) is 0.212. The zero-order chi connectivity index (χ0) is 31.7. The molecule has 2 amide bonds. The predicted octanol–water partition coefficient (Wildman–Crippen LogP) is 6.18. The molecule has 4 rings (SSSR count). The second-order valence-electron chi connectivity index (χ2n) is 11.0.